The number of anilines is 1. The largest absolute Gasteiger partial charge is 0.415 e. The van der Waals surface area contributed by atoms with E-state index >= 15 is 0 Å². The van der Waals surface area contributed by atoms with Crippen LogP contribution >= 0.6 is 11.3 Å². The summed E-state index contributed by atoms with van der Waals surface area (Å²) in [6.07, 6.45) is 1.61. The Hall–Kier alpha value is -2.84. The molecule has 0 spiro atoms. The van der Waals surface area contributed by atoms with Gasteiger partial charge in [0.1, 0.15) is 17.0 Å². The topological polar surface area (TPSA) is 77.2 Å². The normalized spacial score (nSPS) is 14.8. The van der Waals surface area contributed by atoms with E-state index < -0.39 is 0 Å². The smallest absolute Gasteiger partial charge is 0.258 e. The Bertz CT molecular complexity index is 1100. The molecule has 8 heteroatoms. The van der Waals surface area contributed by atoms with Gasteiger partial charge < -0.3 is 14.1 Å². The van der Waals surface area contributed by atoms with Gasteiger partial charge in [-0.05, 0) is 25.1 Å². The molecule has 0 amide bonds. The van der Waals surface area contributed by atoms with Crippen LogP contribution in [0.15, 0.2) is 41.1 Å². The second-order valence-corrected chi connectivity index (χ2v) is 7.44. The first kappa shape index (κ1) is 16.3. The zero-order valence-corrected chi connectivity index (χ0v) is 15.6. The molecule has 0 atom stereocenters. The summed E-state index contributed by atoms with van der Waals surface area (Å²) in [5.74, 6) is 1.96. The number of benzene rings is 1. The molecule has 0 N–H and O–H groups in total. The molecule has 3 aromatic heterocycles. The van der Waals surface area contributed by atoms with Crippen LogP contribution in [0.4, 0.5) is 5.82 Å². The van der Waals surface area contributed by atoms with Gasteiger partial charge in [-0.15, -0.1) is 21.5 Å². The van der Waals surface area contributed by atoms with Gasteiger partial charge in [-0.1, -0.05) is 17.7 Å². The van der Waals surface area contributed by atoms with Crippen LogP contribution in [0.3, 0.4) is 0 Å². The van der Waals surface area contributed by atoms with Crippen molar-refractivity contribution in [2.45, 2.75) is 6.92 Å². The van der Waals surface area contributed by atoms with Crippen LogP contribution < -0.4 is 4.90 Å². The molecule has 1 aliphatic rings. The maximum absolute atomic E-state index is 5.93. The molecule has 4 aromatic rings. The zero-order chi connectivity index (χ0) is 18.2. The van der Waals surface area contributed by atoms with Gasteiger partial charge in [0.05, 0.1) is 23.5 Å². The van der Waals surface area contributed by atoms with Crippen LogP contribution in [-0.2, 0) is 4.74 Å². The highest BCUT2D eigenvalue weighted by Gasteiger charge is 2.20. The van der Waals surface area contributed by atoms with Crippen molar-refractivity contribution in [2.75, 3.05) is 31.2 Å². The second-order valence-electron chi connectivity index (χ2n) is 6.41. The van der Waals surface area contributed by atoms with E-state index in [0.717, 1.165) is 45.1 Å². The summed E-state index contributed by atoms with van der Waals surface area (Å²) in [7, 11) is 0. The van der Waals surface area contributed by atoms with E-state index in [1.165, 1.54) is 11.3 Å². The quantitative estimate of drug-likeness (QED) is 0.539. The average Bonchev–Trinajstić information content (AvgIpc) is 3.35. The van der Waals surface area contributed by atoms with Crippen molar-refractivity contribution in [1.82, 2.24) is 20.2 Å². The summed E-state index contributed by atoms with van der Waals surface area (Å²) in [6, 6.07) is 10.1. The lowest BCUT2D eigenvalue weighted by atomic mass is 10.1. The van der Waals surface area contributed by atoms with Crippen molar-refractivity contribution in [3.05, 3.63) is 42.2 Å². The molecule has 1 saturated heterocycles. The number of nitrogens with zero attached hydrogens (tertiary/aromatic N) is 5. The van der Waals surface area contributed by atoms with Crippen LogP contribution in [0.2, 0.25) is 0 Å². The van der Waals surface area contributed by atoms with Gasteiger partial charge in [0.2, 0.25) is 5.89 Å². The van der Waals surface area contributed by atoms with E-state index in [-0.39, 0.29) is 0 Å². The van der Waals surface area contributed by atoms with E-state index in [9.17, 15) is 0 Å². The average molecular weight is 379 g/mol. The zero-order valence-electron chi connectivity index (χ0n) is 14.8. The fourth-order valence-corrected chi connectivity index (χ4v) is 4.11. The first-order valence-corrected chi connectivity index (χ1v) is 9.58. The Kier molecular flexibility index (Phi) is 4.06. The molecule has 1 fully saturated rings. The number of morpholine rings is 1. The van der Waals surface area contributed by atoms with Crippen LogP contribution in [0.25, 0.3) is 32.4 Å². The second kappa shape index (κ2) is 6.71. The molecule has 27 heavy (non-hydrogen) atoms. The molecule has 0 saturated carbocycles. The summed E-state index contributed by atoms with van der Waals surface area (Å²) >= 11 is 1.53. The molecule has 0 unspecified atom stereocenters. The Balaban J connectivity index is 1.52. The molecule has 0 aliphatic carbocycles. The highest BCUT2D eigenvalue weighted by atomic mass is 32.1. The summed E-state index contributed by atoms with van der Waals surface area (Å²) in [5.41, 5.74) is 2.07. The van der Waals surface area contributed by atoms with Gasteiger partial charge in [0.25, 0.3) is 5.89 Å². The van der Waals surface area contributed by atoms with E-state index in [2.05, 4.69) is 25.1 Å². The molecule has 4 heterocycles. The maximum atomic E-state index is 5.93. The van der Waals surface area contributed by atoms with Crippen LogP contribution in [0.5, 0.6) is 0 Å². The van der Waals surface area contributed by atoms with Gasteiger partial charge in [0, 0.05) is 18.7 Å². The van der Waals surface area contributed by atoms with E-state index in [1.807, 2.05) is 37.3 Å². The van der Waals surface area contributed by atoms with Crippen LogP contribution in [-0.4, -0.2) is 46.5 Å². The summed E-state index contributed by atoms with van der Waals surface area (Å²) < 4.78 is 11.4. The third-order valence-electron chi connectivity index (χ3n) is 4.52. The Morgan fingerprint density at radius 3 is 2.74 bits per heavy atom. The Labute approximate surface area is 159 Å². The number of hydrogen-bond acceptors (Lipinski definition) is 8. The first-order chi connectivity index (χ1) is 13.3. The first-order valence-electron chi connectivity index (χ1n) is 8.76. The van der Waals surface area contributed by atoms with Crippen LogP contribution in [0.1, 0.15) is 5.56 Å². The third-order valence-corrected chi connectivity index (χ3v) is 5.55. The molecule has 136 valence electrons. The number of rotatable bonds is 3. The van der Waals surface area contributed by atoms with Crippen molar-refractivity contribution in [3.8, 4) is 22.2 Å². The van der Waals surface area contributed by atoms with Crippen molar-refractivity contribution in [1.29, 1.82) is 0 Å². The highest BCUT2D eigenvalue weighted by Crippen LogP contribution is 2.36. The van der Waals surface area contributed by atoms with Crippen molar-refractivity contribution in [2.24, 2.45) is 0 Å². The lowest BCUT2D eigenvalue weighted by Crippen LogP contribution is -2.36. The number of hydrogen-bond donors (Lipinski definition) is 0. The SMILES string of the molecule is Cc1cccc(-c2nnc(-c3cc4c(N5CCOCC5)ncnc4s3)o2)c1. The third kappa shape index (κ3) is 3.07. The highest BCUT2D eigenvalue weighted by molar-refractivity contribution is 7.21. The molecule has 5 rings (SSSR count). The van der Waals surface area contributed by atoms with E-state index in [4.69, 9.17) is 9.15 Å². The standard InChI is InChI=1S/C19H17N5O2S/c1-12-3-2-4-13(9-12)17-22-23-18(26-17)15-10-14-16(20-11-21-19(14)27-15)24-5-7-25-8-6-24/h2-4,9-11H,5-8H2,1H3. The molecule has 1 aliphatic heterocycles. The molecule has 1 aromatic carbocycles. The predicted molar refractivity (Wildman–Crippen MR) is 104 cm³/mol. The Morgan fingerprint density at radius 2 is 1.89 bits per heavy atom. The minimum Gasteiger partial charge on any atom is -0.415 e. The van der Waals surface area contributed by atoms with Gasteiger partial charge in [-0.25, -0.2) is 9.97 Å². The number of fused-ring (bicyclic) bond motifs is 1. The monoisotopic (exact) mass is 379 g/mol. The van der Waals surface area contributed by atoms with Crippen molar-refractivity contribution in [3.63, 3.8) is 0 Å². The maximum Gasteiger partial charge on any atom is 0.258 e. The number of ether oxygens (including phenoxy) is 1. The lowest BCUT2D eigenvalue weighted by molar-refractivity contribution is 0.122. The van der Waals surface area contributed by atoms with Gasteiger partial charge in [-0.2, -0.15) is 0 Å². The Morgan fingerprint density at radius 1 is 1.04 bits per heavy atom. The fraction of sp³-hybridized carbons (Fsp3) is 0.263. The predicted octanol–water partition coefficient (Wildman–Crippen LogP) is 3.55. The molecular weight excluding hydrogens is 362 g/mol. The number of thiophene rings is 1. The fourth-order valence-electron chi connectivity index (χ4n) is 3.19. The number of aromatic nitrogens is 4. The summed E-state index contributed by atoms with van der Waals surface area (Å²) in [6.45, 7) is 5.13. The lowest BCUT2D eigenvalue weighted by Gasteiger charge is -2.28. The van der Waals surface area contributed by atoms with Gasteiger partial charge >= 0.3 is 0 Å². The van der Waals surface area contributed by atoms with Crippen molar-refractivity contribution < 1.29 is 9.15 Å². The number of aryl methyl sites for hydroxylation is 1. The van der Waals surface area contributed by atoms with E-state index in [0.29, 0.717) is 25.0 Å². The van der Waals surface area contributed by atoms with Crippen LogP contribution in [0, 0.1) is 6.92 Å². The molecule has 0 radical (unpaired) electrons. The molecule has 7 nitrogen and oxygen atoms in total. The minimum atomic E-state index is 0.502. The summed E-state index contributed by atoms with van der Waals surface area (Å²) in [4.78, 5) is 13.0. The van der Waals surface area contributed by atoms with Gasteiger partial charge in [-0.3, -0.25) is 0 Å². The minimum absolute atomic E-state index is 0.502. The van der Waals surface area contributed by atoms with Gasteiger partial charge in [0.15, 0.2) is 0 Å². The molecular formula is C19H17N5O2S. The summed E-state index contributed by atoms with van der Waals surface area (Å²) in [5, 5.41) is 9.46. The molecule has 0 bridgehead atoms. The van der Waals surface area contributed by atoms with E-state index in [1.54, 1.807) is 6.33 Å². The van der Waals surface area contributed by atoms with Crippen molar-refractivity contribution >= 4 is 27.4 Å².